The fourth-order valence-electron chi connectivity index (χ4n) is 2.96. The SMILES string of the molecule is CCOc1ccc([C@H](NC(=O)c2cccc(C(N)=O)c2)c2ccccc2)cc1. The summed E-state index contributed by atoms with van der Waals surface area (Å²) in [6, 6.07) is 23.4. The van der Waals surface area contributed by atoms with E-state index in [4.69, 9.17) is 10.5 Å². The Kier molecular flexibility index (Phi) is 6.07. The molecule has 0 unspecified atom stereocenters. The monoisotopic (exact) mass is 374 g/mol. The first-order valence-electron chi connectivity index (χ1n) is 9.07. The first-order valence-corrected chi connectivity index (χ1v) is 9.07. The Hall–Kier alpha value is -3.60. The maximum Gasteiger partial charge on any atom is 0.252 e. The van der Waals surface area contributed by atoms with Crippen molar-refractivity contribution in [2.45, 2.75) is 13.0 Å². The Bertz CT molecular complexity index is 953. The maximum atomic E-state index is 12.9. The van der Waals surface area contributed by atoms with Crippen LogP contribution in [0.2, 0.25) is 0 Å². The molecule has 0 bridgehead atoms. The lowest BCUT2D eigenvalue weighted by atomic mass is 9.98. The molecule has 3 aromatic rings. The molecule has 28 heavy (non-hydrogen) atoms. The molecular weight excluding hydrogens is 352 g/mol. The summed E-state index contributed by atoms with van der Waals surface area (Å²) in [5, 5.41) is 3.05. The average Bonchev–Trinajstić information content (AvgIpc) is 2.73. The highest BCUT2D eigenvalue weighted by molar-refractivity contribution is 5.99. The number of carbonyl (C=O) groups is 2. The minimum Gasteiger partial charge on any atom is -0.494 e. The smallest absolute Gasteiger partial charge is 0.252 e. The van der Waals surface area contributed by atoms with E-state index in [2.05, 4.69) is 5.32 Å². The number of nitrogens with one attached hydrogen (secondary N) is 1. The third-order valence-electron chi connectivity index (χ3n) is 4.34. The Morgan fingerprint density at radius 2 is 1.54 bits per heavy atom. The highest BCUT2D eigenvalue weighted by Gasteiger charge is 2.18. The van der Waals surface area contributed by atoms with Gasteiger partial charge in [-0.25, -0.2) is 0 Å². The van der Waals surface area contributed by atoms with Gasteiger partial charge in [0.25, 0.3) is 5.91 Å². The topological polar surface area (TPSA) is 81.4 Å². The van der Waals surface area contributed by atoms with E-state index in [0.29, 0.717) is 17.7 Å². The summed E-state index contributed by atoms with van der Waals surface area (Å²) in [4.78, 5) is 24.3. The summed E-state index contributed by atoms with van der Waals surface area (Å²) in [5.74, 6) is -0.0786. The number of hydrogen-bond acceptors (Lipinski definition) is 3. The second kappa shape index (κ2) is 8.86. The van der Waals surface area contributed by atoms with Gasteiger partial charge in [0.05, 0.1) is 12.6 Å². The molecule has 0 fully saturated rings. The van der Waals surface area contributed by atoms with E-state index in [1.165, 1.54) is 6.07 Å². The van der Waals surface area contributed by atoms with Gasteiger partial charge in [-0.1, -0.05) is 48.5 Å². The highest BCUT2D eigenvalue weighted by atomic mass is 16.5. The summed E-state index contributed by atoms with van der Waals surface area (Å²) in [7, 11) is 0. The standard InChI is InChI=1S/C23H22N2O3/c1-2-28-20-13-11-17(12-14-20)21(16-7-4-3-5-8-16)25-23(27)19-10-6-9-18(15-19)22(24)26/h3-15,21H,2H2,1H3,(H2,24,26)(H,25,27)/t21-/m1/s1. The first kappa shape index (κ1) is 19.2. The lowest BCUT2D eigenvalue weighted by molar-refractivity contribution is 0.0943. The van der Waals surface area contributed by atoms with Gasteiger partial charge in [0.2, 0.25) is 5.91 Å². The Balaban J connectivity index is 1.90. The van der Waals surface area contributed by atoms with Crippen molar-refractivity contribution in [3.8, 4) is 5.75 Å². The third kappa shape index (κ3) is 4.57. The molecule has 0 aliphatic carbocycles. The molecule has 0 radical (unpaired) electrons. The third-order valence-corrected chi connectivity index (χ3v) is 4.34. The van der Waals surface area contributed by atoms with Gasteiger partial charge in [0.1, 0.15) is 5.75 Å². The van der Waals surface area contributed by atoms with Crippen molar-refractivity contribution in [1.82, 2.24) is 5.32 Å². The van der Waals surface area contributed by atoms with E-state index in [-0.39, 0.29) is 11.9 Å². The molecule has 3 N–H and O–H groups in total. The van der Waals surface area contributed by atoms with Crippen LogP contribution in [0.5, 0.6) is 5.75 Å². The van der Waals surface area contributed by atoms with Gasteiger partial charge in [-0.05, 0) is 48.4 Å². The Morgan fingerprint density at radius 1 is 0.893 bits per heavy atom. The normalized spacial score (nSPS) is 11.5. The average molecular weight is 374 g/mol. The van der Waals surface area contributed by atoms with Gasteiger partial charge in [-0.2, -0.15) is 0 Å². The lowest BCUT2D eigenvalue weighted by Crippen LogP contribution is -2.29. The summed E-state index contributed by atoms with van der Waals surface area (Å²) >= 11 is 0. The van der Waals surface area contributed by atoms with Crippen LogP contribution in [0, 0.1) is 0 Å². The van der Waals surface area contributed by atoms with E-state index in [1.54, 1.807) is 18.2 Å². The van der Waals surface area contributed by atoms with Crippen LogP contribution >= 0.6 is 0 Å². The van der Waals surface area contributed by atoms with Crippen molar-refractivity contribution >= 4 is 11.8 Å². The number of benzene rings is 3. The fraction of sp³-hybridized carbons (Fsp3) is 0.130. The zero-order valence-electron chi connectivity index (χ0n) is 15.6. The van der Waals surface area contributed by atoms with Crippen LogP contribution in [0.4, 0.5) is 0 Å². The van der Waals surface area contributed by atoms with E-state index < -0.39 is 5.91 Å². The summed E-state index contributed by atoms with van der Waals surface area (Å²) in [6.45, 7) is 2.52. The van der Waals surface area contributed by atoms with Crippen LogP contribution in [0.15, 0.2) is 78.9 Å². The number of ether oxygens (including phenoxy) is 1. The highest BCUT2D eigenvalue weighted by Crippen LogP contribution is 2.25. The van der Waals surface area contributed by atoms with Crippen molar-refractivity contribution in [1.29, 1.82) is 0 Å². The molecule has 0 aliphatic rings. The molecule has 142 valence electrons. The van der Waals surface area contributed by atoms with E-state index in [1.807, 2.05) is 61.5 Å². The van der Waals surface area contributed by atoms with Crippen molar-refractivity contribution < 1.29 is 14.3 Å². The zero-order valence-corrected chi connectivity index (χ0v) is 15.6. The van der Waals surface area contributed by atoms with E-state index >= 15 is 0 Å². The minimum absolute atomic E-state index is 0.286. The Morgan fingerprint density at radius 3 is 2.18 bits per heavy atom. The molecule has 3 aromatic carbocycles. The molecule has 0 heterocycles. The molecule has 0 saturated heterocycles. The molecule has 2 amide bonds. The molecule has 0 aliphatic heterocycles. The summed E-state index contributed by atoms with van der Waals surface area (Å²) < 4.78 is 5.50. The first-order chi connectivity index (χ1) is 13.6. The second-order valence-corrected chi connectivity index (χ2v) is 6.26. The fourth-order valence-corrected chi connectivity index (χ4v) is 2.96. The number of nitrogens with two attached hydrogens (primary N) is 1. The molecule has 5 heteroatoms. The largest absolute Gasteiger partial charge is 0.494 e. The lowest BCUT2D eigenvalue weighted by Gasteiger charge is -2.20. The predicted molar refractivity (Wildman–Crippen MR) is 108 cm³/mol. The van der Waals surface area contributed by atoms with Crippen molar-refractivity contribution in [2.24, 2.45) is 5.73 Å². The molecule has 0 aromatic heterocycles. The molecular formula is C23H22N2O3. The van der Waals surface area contributed by atoms with Gasteiger partial charge in [0, 0.05) is 11.1 Å². The summed E-state index contributed by atoms with van der Waals surface area (Å²) in [5.41, 5.74) is 7.87. The quantitative estimate of drug-likeness (QED) is 0.661. The number of carbonyl (C=O) groups excluding carboxylic acids is 2. The van der Waals surface area contributed by atoms with Crippen LogP contribution in [0.3, 0.4) is 0 Å². The van der Waals surface area contributed by atoms with Crippen LogP contribution in [0.25, 0.3) is 0 Å². The van der Waals surface area contributed by atoms with Crippen molar-refractivity contribution in [3.63, 3.8) is 0 Å². The molecule has 3 rings (SSSR count). The van der Waals surface area contributed by atoms with Gasteiger partial charge in [-0.15, -0.1) is 0 Å². The minimum atomic E-state index is -0.569. The molecule has 5 nitrogen and oxygen atoms in total. The van der Waals surface area contributed by atoms with E-state index in [9.17, 15) is 9.59 Å². The second-order valence-electron chi connectivity index (χ2n) is 6.26. The van der Waals surface area contributed by atoms with Gasteiger partial charge in [0.15, 0.2) is 0 Å². The van der Waals surface area contributed by atoms with Gasteiger partial charge >= 0.3 is 0 Å². The van der Waals surface area contributed by atoms with E-state index in [0.717, 1.165) is 16.9 Å². The van der Waals surface area contributed by atoms with Crippen LogP contribution in [0.1, 0.15) is 44.8 Å². The van der Waals surface area contributed by atoms with Gasteiger partial charge < -0.3 is 15.8 Å². The van der Waals surface area contributed by atoms with Crippen LogP contribution < -0.4 is 15.8 Å². The molecule has 1 atom stereocenters. The van der Waals surface area contributed by atoms with Gasteiger partial charge in [-0.3, -0.25) is 9.59 Å². The number of amides is 2. The number of primary amides is 1. The maximum absolute atomic E-state index is 12.9. The zero-order chi connectivity index (χ0) is 19.9. The molecule has 0 saturated carbocycles. The molecule has 0 spiro atoms. The Labute approximate surface area is 164 Å². The van der Waals surface area contributed by atoms with Crippen molar-refractivity contribution in [2.75, 3.05) is 6.61 Å². The number of hydrogen-bond donors (Lipinski definition) is 2. The predicted octanol–water partition coefficient (Wildman–Crippen LogP) is 3.70. The van der Waals surface area contributed by atoms with Crippen molar-refractivity contribution in [3.05, 3.63) is 101 Å². The van der Waals surface area contributed by atoms with Crippen LogP contribution in [-0.4, -0.2) is 18.4 Å². The number of rotatable bonds is 7. The van der Waals surface area contributed by atoms with Crippen LogP contribution in [-0.2, 0) is 0 Å². The summed E-state index contributed by atoms with van der Waals surface area (Å²) in [6.07, 6.45) is 0.